The maximum atomic E-state index is 13.3. The molecule has 0 spiro atoms. The van der Waals surface area contributed by atoms with Gasteiger partial charge in [-0.1, -0.05) is 48.5 Å². The summed E-state index contributed by atoms with van der Waals surface area (Å²) < 4.78 is 1.55. The van der Waals surface area contributed by atoms with E-state index in [0.717, 1.165) is 31.2 Å². The second-order valence-corrected chi connectivity index (χ2v) is 10.2. The van der Waals surface area contributed by atoms with E-state index in [1.807, 2.05) is 42.5 Å². The number of thioether (sulfide) groups is 1. The molecule has 2 aromatic heterocycles. The van der Waals surface area contributed by atoms with Crippen LogP contribution in [0.15, 0.2) is 64.5 Å². The zero-order valence-electron chi connectivity index (χ0n) is 18.4. The van der Waals surface area contributed by atoms with Crippen LogP contribution in [-0.4, -0.2) is 21.2 Å². The fourth-order valence-electron chi connectivity index (χ4n) is 4.26. The van der Waals surface area contributed by atoms with Gasteiger partial charge in [-0.05, 0) is 55.5 Å². The number of aryl methyl sites for hydroxylation is 1. The van der Waals surface area contributed by atoms with Gasteiger partial charge in [0.25, 0.3) is 5.56 Å². The van der Waals surface area contributed by atoms with Crippen molar-refractivity contribution in [3.8, 4) is 11.8 Å². The average Bonchev–Trinajstić information content (AvgIpc) is 3.01. The standard InChI is InChI=1S/C26H22N4O2S2/c27-15-20-18-11-5-2-6-14-22(18)34-24(20)29-23(31)16-33-26-28-21-13-8-7-12-19(21)25(32)30(26)17-9-3-1-4-10-17/h1,3-4,7-10,12-13H,2,5-6,11,14,16H2,(H,29,31). The van der Waals surface area contributed by atoms with Gasteiger partial charge in [-0.15, -0.1) is 11.3 Å². The summed E-state index contributed by atoms with van der Waals surface area (Å²) in [5, 5.41) is 14.3. The predicted octanol–water partition coefficient (Wildman–Crippen LogP) is 5.32. The first-order valence-electron chi connectivity index (χ1n) is 11.2. The van der Waals surface area contributed by atoms with E-state index in [4.69, 9.17) is 0 Å². The van der Waals surface area contributed by atoms with E-state index >= 15 is 0 Å². The molecule has 0 saturated heterocycles. The van der Waals surface area contributed by atoms with Crippen LogP contribution in [0.2, 0.25) is 0 Å². The van der Waals surface area contributed by atoms with Crippen LogP contribution in [0.25, 0.3) is 16.6 Å². The highest BCUT2D eigenvalue weighted by Gasteiger charge is 2.21. The molecule has 1 aliphatic carbocycles. The lowest BCUT2D eigenvalue weighted by molar-refractivity contribution is -0.113. The average molecular weight is 487 g/mol. The number of nitrogens with one attached hydrogen (secondary N) is 1. The number of anilines is 1. The summed E-state index contributed by atoms with van der Waals surface area (Å²) in [6.45, 7) is 0. The van der Waals surface area contributed by atoms with Crippen molar-refractivity contribution in [1.82, 2.24) is 9.55 Å². The Hall–Kier alpha value is -3.41. The molecule has 1 N–H and O–H groups in total. The van der Waals surface area contributed by atoms with Crippen molar-refractivity contribution >= 4 is 44.9 Å². The first kappa shape index (κ1) is 22.4. The van der Waals surface area contributed by atoms with E-state index < -0.39 is 0 Å². The Morgan fingerprint density at radius 2 is 1.85 bits per heavy atom. The Balaban J connectivity index is 1.42. The van der Waals surface area contributed by atoms with Crippen LogP contribution in [0.5, 0.6) is 0 Å². The third kappa shape index (κ3) is 4.37. The number of carbonyl (C=O) groups excluding carboxylic acids is 1. The van der Waals surface area contributed by atoms with Crippen LogP contribution in [0, 0.1) is 11.3 Å². The van der Waals surface area contributed by atoms with Gasteiger partial charge in [-0.3, -0.25) is 14.2 Å². The molecule has 0 radical (unpaired) electrons. The summed E-state index contributed by atoms with van der Waals surface area (Å²) in [6.07, 6.45) is 5.22. The number of rotatable bonds is 5. The number of nitriles is 1. The molecule has 2 heterocycles. The van der Waals surface area contributed by atoms with E-state index in [-0.39, 0.29) is 17.2 Å². The highest BCUT2D eigenvalue weighted by molar-refractivity contribution is 7.99. The van der Waals surface area contributed by atoms with Gasteiger partial charge in [0.15, 0.2) is 5.16 Å². The second-order valence-electron chi connectivity index (χ2n) is 8.10. The maximum absolute atomic E-state index is 13.3. The molecule has 5 rings (SSSR count). The smallest absolute Gasteiger partial charge is 0.266 e. The fourth-order valence-corrected chi connectivity index (χ4v) is 6.32. The number of aromatic nitrogens is 2. The number of carbonyl (C=O) groups is 1. The number of para-hydroxylation sites is 2. The minimum absolute atomic E-state index is 0.0745. The van der Waals surface area contributed by atoms with Crippen LogP contribution >= 0.6 is 23.1 Å². The molecule has 0 aliphatic heterocycles. The number of thiophene rings is 1. The van der Waals surface area contributed by atoms with Crippen LogP contribution in [0.1, 0.15) is 35.3 Å². The number of nitrogens with zero attached hydrogens (tertiary/aromatic N) is 3. The van der Waals surface area contributed by atoms with Gasteiger partial charge < -0.3 is 5.32 Å². The van der Waals surface area contributed by atoms with Gasteiger partial charge in [0.1, 0.15) is 11.1 Å². The van der Waals surface area contributed by atoms with Crippen LogP contribution in [0.4, 0.5) is 5.00 Å². The van der Waals surface area contributed by atoms with E-state index in [2.05, 4.69) is 16.4 Å². The van der Waals surface area contributed by atoms with Crippen molar-refractivity contribution in [3.63, 3.8) is 0 Å². The number of benzene rings is 2. The second kappa shape index (κ2) is 9.84. The Morgan fingerprint density at radius 1 is 1.09 bits per heavy atom. The Bertz CT molecular complexity index is 1470. The van der Waals surface area contributed by atoms with Gasteiger partial charge in [-0.2, -0.15) is 5.26 Å². The largest absolute Gasteiger partial charge is 0.316 e. The lowest BCUT2D eigenvalue weighted by atomic mass is 10.1. The van der Waals surface area contributed by atoms with Crippen molar-refractivity contribution in [2.75, 3.05) is 11.1 Å². The Morgan fingerprint density at radius 3 is 2.68 bits per heavy atom. The molecule has 4 aromatic rings. The molecule has 0 atom stereocenters. The van der Waals surface area contributed by atoms with Gasteiger partial charge in [0.2, 0.25) is 5.91 Å². The van der Waals surface area contributed by atoms with Gasteiger partial charge in [0, 0.05) is 4.88 Å². The highest BCUT2D eigenvalue weighted by Crippen LogP contribution is 2.37. The zero-order valence-corrected chi connectivity index (χ0v) is 20.0. The molecule has 8 heteroatoms. The maximum Gasteiger partial charge on any atom is 0.266 e. The molecule has 6 nitrogen and oxygen atoms in total. The normalized spacial score (nSPS) is 13.1. The van der Waals surface area contributed by atoms with Crippen molar-refractivity contribution in [2.45, 2.75) is 37.3 Å². The summed E-state index contributed by atoms with van der Waals surface area (Å²) in [5.74, 6) is -0.148. The molecular weight excluding hydrogens is 464 g/mol. The van der Waals surface area contributed by atoms with Crippen LogP contribution in [0.3, 0.4) is 0 Å². The SMILES string of the molecule is N#Cc1c(NC(=O)CSc2nc3ccccc3c(=O)n2-c2ccccc2)sc2c1CCCCC2. The summed E-state index contributed by atoms with van der Waals surface area (Å²) >= 11 is 2.73. The minimum atomic E-state index is -0.222. The topological polar surface area (TPSA) is 87.8 Å². The highest BCUT2D eigenvalue weighted by atomic mass is 32.2. The van der Waals surface area contributed by atoms with Crippen molar-refractivity contribution < 1.29 is 4.79 Å². The number of hydrogen-bond acceptors (Lipinski definition) is 6. The lowest BCUT2D eigenvalue weighted by Crippen LogP contribution is -2.22. The van der Waals surface area contributed by atoms with E-state index in [0.29, 0.717) is 32.3 Å². The molecule has 0 fully saturated rings. The number of hydrogen-bond donors (Lipinski definition) is 1. The zero-order chi connectivity index (χ0) is 23.5. The molecule has 0 saturated carbocycles. The van der Waals surface area contributed by atoms with Gasteiger partial charge >= 0.3 is 0 Å². The molecule has 34 heavy (non-hydrogen) atoms. The molecular formula is C26H22N4O2S2. The van der Waals surface area contributed by atoms with Gasteiger partial charge in [-0.25, -0.2) is 4.98 Å². The predicted molar refractivity (Wildman–Crippen MR) is 137 cm³/mol. The summed E-state index contributed by atoms with van der Waals surface area (Å²) in [5.41, 5.74) is 2.82. The monoisotopic (exact) mass is 486 g/mol. The van der Waals surface area contributed by atoms with Crippen LogP contribution < -0.4 is 10.9 Å². The molecule has 1 aliphatic rings. The molecule has 1 amide bonds. The van der Waals surface area contributed by atoms with E-state index in [1.165, 1.54) is 34.4 Å². The minimum Gasteiger partial charge on any atom is -0.316 e. The summed E-state index contributed by atoms with van der Waals surface area (Å²) in [6, 6.07) is 18.8. The van der Waals surface area contributed by atoms with Gasteiger partial charge in [0.05, 0.1) is 27.9 Å². The molecule has 0 bridgehead atoms. The fraction of sp³-hybridized carbons (Fsp3) is 0.231. The van der Waals surface area contributed by atoms with Crippen molar-refractivity contribution in [2.24, 2.45) is 0 Å². The van der Waals surface area contributed by atoms with Crippen molar-refractivity contribution in [3.05, 3.63) is 81.0 Å². The quantitative estimate of drug-likeness (QED) is 0.234. The molecule has 2 aromatic carbocycles. The van der Waals surface area contributed by atoms with Crippen molar-refractivity contribution in [1.29, 1.82) is 5.26 Å². The summed E-state index contributed by atoms with van der Waals surface area (Å²) in [4.78, 5) is 32.1. The number of fused-ring (bicyclic) bond motifs is 2. The van der Waals surface area contributed by atoms with Crippen LogP contribution in [-0.2, 0) is 17.6 Å². The third-order valence-electron chi connectivity index (χ3n) is 5.88. The Kier molecular flexibility index (Phi) is 6.48. The summed E-state index contributed by atoms with van der Waals surface area (Å²) in [7, 11) is 0. The van der Waals surface area contributed by atoms with E-state index in [9.17, 15) is 14.9 Å². The molecule has 170 valence electrons. The third-order valence-corrected chi connectivity index (χ3v) is 8.02. The van der Waals surface area contributed by atoms with E-state index in [1.54, 1.807) is 16.7 Å². The first-order chi connectivity index (χ1) is 16.7. The number of amides is 1. The Labute approximate surface area is 205 Å². The first-order valence-corrected chi connectivity index (χ1v) is 13.0. The lowest BCUT2D eigenvalue weighted by Gasteiger charge is -2.13. The molecule has 0 unspecified atom stereocenters.